The first-order chi connectivity index (χ1) is 9.11. The average molecular weight is 347 g/mol. The van der Waals surface area contributed by atoms with E-state index in [0.717, 1.165) is 10.9 Å². The van der Waals surface area contributed by atoms with Gasteiger partial charge in [-0.25, -0.2) is 4.21 Å². The Balaban J connectivity index is 1.98. The van der Waals surface area contributed by atoms with Crippen molar-refractivity contribution in [1.82, 2.24) is 9.21 Å². The number of hydrogen-bond acceptors (Lipinski definition) is 2. The molecule has 1 amide bonds. The number of alkyl halides is 1. The Morgan fingerprint density at radius 3 is 2.26 bits per heavy atom. The molecule has 0 aliphatic carbocycles. The molecule has 1 aromatic carbocycles. The van der Waals surface area contributed by atoms with Crippen molar-refractivity contribution in [3.05, 3.63) is 35.4 Å². The molecule has 1 unspecified atom stereocenters. The van der Waals surface area contributed by atoms with E-state index in [1.165, 1.54) is 4.31 Å². The highest BCUT2D eigenvalue weighted by Crippen LogP contribution is 2.12. The summed E-state index contributed by atoms with van der Waals surface area (Å²) in [6.07, 6.45) is 0. The van der Waals surface area contributed by atoms with Crippen molar-refractivity contribution in [2.24, 2.45) is 0 Å². The lowest BCUT2D eigenvalue weighted by Crippen LogP contribution is -2.48. The number of piperazine rings is 1. The molecule has 1 N–H and O–H groups in total. The average Bonchev–Trinajstić information content (AvgIpc) is 2.46. The fourth-order valence-corrected chi connectivity index (χ4v) is 2.82. The van der Waals surface area contributed by atoms with Crippen LogP contribution in [0.4, 0.5) is 0 Å². The van der Waals surface area contributed by atoms with Gasteiger partial charge in [0, 0.05) is 37.1 Å². The minimum Gasteiger partial charge on any atom is -0.336 e. The number of carbonyl (C=O) groups is 1. The van der Waals surface area contributed by atoms with E-state index in [9.17, 15) is 9.00 Å². The molecule has 1 atom stereocenters. The smallest absolute Gasteiger partial charge is 0.253 e. The van der Waals surface area contributed by atoms with E-state index in [1.807, 2.05) is 24.3 Å². The summed E-state index contributed by atoms with van der Waals surface area (Å²) in [4.78, 5) is 13.9. The quantitative estimate of drug-likeness (QED) is 0.666. The number of amides is 1. The number of carbonyl (C=O) groups excluding carboxylic acids is 1. The Hall–Kier alpha value is -0.760. The van der Waals surface area contributed by atoms with E-state index in [4.69, 9.17) is 4.55 Å². The summed E-state index contributed by atoms with van der Waals surface area (Å²) in [5.41, 5.74) is 1.78. The van der Waals surface area contributed by atoms with Crippen molar-refractivity contribution in [2.45, 2.75) is 5.33 Å². The van der Waals surface area contributed by atoms with Crippen molar-refractivity contribution in [3.8, 4) is 0 Å². The molecule has 0 aromatic heterocycles. The lowest BCUT2D eigenvalue weighted by atomic mass is 10.1. The zero-order chi connectivity index (χ0) is 13.8. The summed E-state index contributed by atoms with van der Waals surface area (Å²) >= 11 is 1.42. The van der Waals surface area contributed by atoms with Crippen LogP contribution in [0.5, 0.6) is 0 Å². The maximum Gasteiger partial charge on any atom is 0.253 e. The maximum atomic E-state index is 12.2. The molecule has 5 nitrogen and oxygen atoms in total. The molecule has 7 heteroatoms. The molecule has 104 valence electrons. The molecule has 0 bridgehead atoms. The molecule has 0 spiro atoms. The lowest BCUT2D eigenvalue weighted by molar-refractivity contribution is 0.0697. The predicted molar refractivity (Wildman–Crippen MR) is 77.3 cm³/mol. The molecule has 2 rings (SSSR count). The van der Waals surface area contributed by atoms with Gasteiger partial charge < -0.3 is 4.90 Å². The number of rotatable bonds is 3. The summed E-state index contributed by atoms with van der Waals surface area (Å²) < 4.78 is 21.3. The van der Waals surface area contributed by atoms with Gasteiger partial charge in [-0.3, -0.25) is 9.35 Å². The predicted octanol–water partition coefficient (Wildman–Crippen LogP) is 1.48. The third-order valence-corrected chi connectivity index (χ3v) is 4.56. The third-order valence-electron chi connectivity index (χ3n) is 3.10. The monoisotopic (exact) mass is 346 g/mol. The molecular formula is C12H15BrN2O3S. The Morgan fingerprint density at radius 1 is 1.21 bits per heavy atom. The minimum atomic E-state index is -1.94. The van der Waals surface area contributed by atoms with E-state index in [1.54, 1.807) is 4.90 Å². The van der Waals surface area contributed by atoms with Gasteiger partial charge in [0.25, 0.3) is 5.91 Å². The normalized spacial score (nSPS) is 18.3. The van der Waals surface area contributed by atoms with E-state index in [0.29, 0.717) is 31.7 Å². The largest absolute Gasteiger partial charge is 0.336 e. The van der Waals surface area contributed by atoms with Crippen LogP contribution in [0.25, 0.3) is 0 Å². The van der Waals surface area contributed by atoms with Gasteiger partial charge in [0.15, 0.2) is 0 Å². The summed E-state index contributed by atoms with van der Waals surface area (Å²) in [5.74, 6) is -0.0236. The van der Waals surface area contributed by atoms with Gasteiger partial charge in [0.1, 0.15) is 0 Å². The zero-order valence-corrected chi connectivity index (χ0v) is 12.7. The number of benzene rings is 1. The van der Waals surface area contributed by atoms with E-state index in [2.05, 4.69) is 15.9 Å². The summed E-state index contributed by atoms with van der Waals surface area (Å²) in [6.45, 7) is 1.80. The van der Waals surface area contributed by atoms with E-state index < -0.39 is 11.3 Å². The van der Waals surface area contributed by atoms with Gasteiger partial charge in [-0.2, -0.15) is 4.31 Å². The van der Waals surface area contributed by atoms with Crippen LogP contribution in [-0.2, 0) is 16.6 Å². The van der Waals surface area contributed by atoms with Crippen LogP contribution in [0, 0.1) is 0 Å². The lowest BCUT2D eigenvalue weighted by Gasteiger charge is -2.32. The molecule has 0 saturated carbocycles. The first-order valence-corrected chi connectivity index (χ1v) is 8.10. The molecule has 1 aliphatic rings. The highest BCUT2D eigenvalue weighted by molar-refractivity contribution is 9.08. The van der Waals surface area contributed by atoms with Gasteiger partial charge in [-0.15, -0.1) is 0 Å². The van der Waals surface area contributed by atoms with Gasteiger partial charge in [-0.1, -0.05) is 28.1 Å². The van der Waals surface area contributed by atoms with Crippen LogP contribution >= 0.6 is 15.9 Å². The Kier molecular flexibility index (Phi) is 5.09. The van der Waals surface area contributed by atoms with Gasteiger partial charge in [0.2, 0.25) is 11.3 Å². The van der Waals surface area contributed by atoms with Gasteiger partial charge in [-0.05, 0) is 17.7 Å². The molecule has 19 heavy (non-hydrogen) atoms. The topological polar surface area (TPSA) is 60.9 Å². The van der Waals surface area contributed by atoms with Crippen LogP contribution in [0.1, 0.15) is 15.9 Å². The summed E-state index contributed by atoms with van der Waals surface area (Å²) in [5, 5.41) is 0.766. The first-order valence-electron chi connectivity index (χ1n) is 5.92. The van der Waals surface area contributed by atoms with E-state index in [-0.39, 0.29) is 5.91 Å². The second kappa shape index (κ2) is 6.60. The minimum absolute atomic E-state index is 0.0236. The van der Waals surface area contributed by atoms with Crippen LogP contribution < -0.4 is 0 Å². The highest BCUT2D eigenvalue weighted by atomic mass is 79.9. The molecule has 1 heterocycles. The highest BCUT2D eigenvalue weighted by Gasteiger charge is 2.24. The summed E-state index contributed by atoms with van der Waals surface area (Å²) in [7, 11) is 0. The molecule has 0 radical (unpaired) electrons. The Bertz CT molecular complexity index is 472. The Labute approximate surface area is 123 Å². The zero-order valence-electron chi connectivity index (χ0n) is 10.3. The van der Waals surface area contributed by atoms with Crippen molar-refractivity contribution < 1.29 is 13.6 Å². The van der Waals surface area contributed by atoms with Crippen molar-refractivity contribution >= 4 is 33.1 Å². The molecule has 1 aliphatic heterocycles. The number of hydrogen-bond donors (Lipinski definition) is 1. The van der Waals surface area contributed by atoms with Crippen LogP contribution in [0.2, 0.25) is 0 Å². The first kappa shape index (κ1) is 14.6. The standard InChI is InChI=1S/C12H15BrN2O3S/c13-9-10-1-3-11(4-2-10)12(16)14-5-7-15(8-6-14)19(17)18/h1-4H,5-9H2,(H,17,18). The van der Waals surface area contributed by atoms with Gasteiger partial charge >= 0.3 is 0 Å². The molecule has 1 saturated heterocycles. The molecule has 1 fully saturated rings. The van der Waals surface area contributed by atoms with Crippen molar-refractivity contribution in [2.75, 3.05) is 26.2 Å². The van der Waals surface area contributed by atoms with Crippen LogP contribution in [0.15, 0.2) is 24.3 Å². The SMILES string of the molecule is O=C(c1ccc(CBr)cc1)N1CCN(S(=O)O)CC1. The fourth-order valence-electron chi connectivity index (χ4n) is 1.97. The maximum absolute atomic E-state index is 12.2. The third kappa shape index (κ3) is 3.62. The summed E-state index contributed by atoms with van der Waals surface area (Å²) in [6, 6.07) is 7.47. The van der Waals surface area contributed by atoms with E-state index >= 15 is 0 Å². The van der Waals surface area contributed by atoms with Crippen LogP contribution in [-0.4, -0.2) is 50.1 Å². The number of nitrogens with zero attached hydrogens (tertiary/aromatic N) is 2. The van der Waals surface area contributed by atoms with Crippen LogP contribution in [0.3, 0.4) is 0 Å². The van der Waals surface area contributed by atoms with Crippen molar-refractivity contribution in [3.63, 3.8) is 0 Å². The second-order valence-electron chi connectivity index (χ2n) is 4.28. The second-order valence-corrected chi connectivity index (χ2v) is 5.82. The molecular weight excluding hydrogens is 332 g/mol. The van der Waals surface area contributed by atoms with Crippen molar-refractivity contribution in [1.29, 1.82) is 0 Å². The fraction of sp³-hybridized carbons (Fsp3) is 0.417. The number of halogens is 1. The molecule has 1 aromatic rings. The Morgan fingerprint density at radius 2 is 1.79 bits per heavy atom. The van der Waals surface area contributed by atoms with Gasteiger partial charge in [0.05, 0.1) is 0 Å².